The van der Waals surface area contributed by atoms with E-state index in [1.165, 1.54) is 13.2 Å². The molecule has 1 aliphatic heterocycles. The number of methoxy groups -OCH3 is 1. The molecule has 0 radical (unpaired) electrons. The van der Waals surface area contributed by atoms with Gasteiger partial charge in [0.2, 0.25) is 0 Å². The van der Waals surface area contributed by atoms with Gasteiger partial charge in [0, 0.05) is 13.1 Å². The van der Waals surface area contributed by atoms with E-state index in [2.05, 4.69) is 5.32 Å². The van der Waals surface area contributed by atoms with Crippen molar-refractivity contribution in [3.8, 4) is 5.75 Å². The maximum atomic E-state index is 13.5. The van der Waals surface area contributed by atoms with Crippen molar-refractivity contribution in [1.82, 2.24) is 10.2 Å². The number of rotatable bonds is 5. The topological polar surface area (TPSA) is 67.9 Å². The molecule has 7 heteroatoms. The Morgan fingerprint density at radius 3 is 2.62 bits per heavy atom. The number of piperidine rings is 1. The van der Waals surface area contributed by atoms with Gasteiger partial charge in [0.1, 0.15) is 6.10 Å². The molecular formula is C17H23FN2O4. The van der Waals surface area contributed by atoms with Gasteiger partial charge in [-0.25, -0.2) is 9.18 Å². The summed E-state index contributed by atoms with van der Waals surface area (Å²) < 4.78 is 23.7. The lowest BCUT2D eigenvalue weighted by molar-refractivity contribution is -0.146. The number of ether oxygens (including phenoxy) is 2. The highest BCUT2D eigenvalue weighted by atomic mass is 19.1. The van der Waals surface area contributed by atoms with Gasteiger partial charge in [0.05, 0.1) is 19.6 Å². The second kappa shape index (κ2) is 8.52. The molecule has 0 aliphatic carbocycles. The first-order valence-corrected chi connectivity index (χ1v) is 8.03. The molecule has 0 aromatic heterocycles. The predicted octanol–water partition coefficient (Wildman–Crippen LogP) is 2.19. The number of carbonyl (C=O) groups excluding carboxylic acids is 2. The Bertz CT molecular complexity index is 573. The molecule has 1 heterocycles. The molecule has 0 spiro atoms. The van der Waals surface area contributed by atoms with Crippen LogP contribution in [0.3, 0.4) is 0 Å². The van der Waals surface area contributed by atoms with Gasteiger partial charge >= 0.3 is 12.0 Å². The number of urea groups is 1. The van der Waals surface area contributed by atoms with E-state index in [4.69, 9.17) is 9.47 Å². The van der Waals surface area contributed by atoms with Crippen LogP contribution in [-0.4, -0.2) is 49.7 Å². The predicted molar refractivity (Wildman–Crippen MR) is 86.2 cm³/mol. The summed E-state index contributed by atoms with van der Waals surface area (Å²) >= 11 is 0. The van der Waals surface area contributed by atoms with Crippen LogP contribution < -0.4 is 10.1 Å². The molecular weight excluding hydrogens is 315 g/mol. The van der Waals surface area contributed by atoms with Crippen molar-refractivity contribution in [3.63, 3.8) is 0 Å². The molecule has 1 atom stereocenters. The molecule has 1 saturated heterocycles. The van der Waals surface area contributed by atoms with Gasteiger partial charge in [-0.05, 0) is 31.9 Å². The number of esters is 1. The maximum absolute atomic E-state index is 13.5. The van der Waals surface area contributed by atoms with E-state index >= 15 is 0 Å². The molecule has 24 heavy (non-hydrogen) atoms. The van der Waals surface area contributed by atoms with E-state index < -0.39 is 5.82 Å². The second-order valence-corrected chi connectivity index (χ2v) is 5.83. The number of hydrogen-bond acceptors (Lipinski definition) is 4. The Hall–Kier alpha value is -2.31. The third-order valence-corrected chi connectivity index (χ3v) is 4.02. The van der Waals surface area contributed by atoms with Gasteiger partial charge in [-0.1, -0.05) is 12.1 Å². The fourth-order valence-electron chi connectivity index (χ4n) is 2.63. The van der Waals surface area contributed by atoms with E-state index in [1.807, 2.05) is 0 Å². The first-order chi connectivity index (χ1) is 11.5. The summed E-state index contributed by atoms with van der Waals surface area (Å²) in [5, 5.41) is 2.77. The number of nitrogens with zero attached hydrogens (tertiary/aromatic N) is 1. The van der Waals surface area contributed by atoms with Gasteiger partial charge < -0.3 is 19.7 Å². The zero-order valence-electron chi connectivity index (χ0n) is 14.0. The van der Waals surface area contributed by atoms with Crippen LogP contribution in [0.25, 0.3) is 0 Å². The van der Waals surface area contributed by atoms with Crippen LogP contribution in [0.4, 0.5) is 9.18 Å². The van der Waals surface area contributed by atoms with E-state index in [-0.39, 0.29) is 36.3 Å². The third-order valence-electron chi connectivity index (χ3n) is 4.02. The fourth-order valence-corrected chi connectivity index (χ4v) is 2.63. The molecule has 1 aromatic rings. The summed E-state index contributed by atoms with van der Waals surface area (Å²) in [5.74, 6) is -0.622. The van der Waals surface area contributed by atoms with Crippen LogP contribution in [0.5, 0.6) is 5.75 Å². The molecule has 0 saturated carbocycles. The lowest BCUT2D eigenvalue weighted by Gasteiger charge is -2.31. The molecule has 132 valence electrons. The summed E-state index contributed by atoms with van der Waals surface area (Å²) in [6.45, 7) is 3.04. The Morgan fingerprint density at radius 2 is 2.00 bits per heavy atom. The van der Waals surface area contributed by atoms with Gasteiger partial charge in [-0.2, -0.15) is 0 Å². The number of hydrogen-bond donors (Lipinski definition) is 1. The van der Waals surface area contributed by atoms with Crippen molar-refractivity contribution >= 4 is 12.0 Å². The quantitative estimate of drug-likeness (QED) is 0.836. The summed E-state index contributed by atoms with van der Waals surface area (Å²) in [4.78, 5) is 25.3. The van der Waals surface area contributed by atoms with Crippen LogP contribution >= 0.6 is 0 Å². The van der Waals surface area contributed by atoms with Gasteiger partial charge in [-0.15, -0.1) is 0 Å². The zero-order chi connectivity index (χ0) is 17.5. The highest BCUT2D eigenvalue weighted by Crippen LogP contribution is 2.19. The summed E-state index contributed by atoms with van der Waals surface area (Å²) in [5.41, 5.74) is 0. The Labute approximate surface area is 140 Å². The van der Waals surface area contributed by atoms with Crippen molar-refractivity contribution < 1.29 is 23.5 Å². The average molecular weight is 338 g/mol. The monoisotopic (exact) mass is 338 g/mol. The highest BCUT2D eigenvalue weighted by molar-refractivity contribution is 5.76. The van der Waals surface area contributed by atoms with Crippen LogP contribution in [0.15, 0.2) is 24.3 Å². The maximum Gasteiger partial charge on any atom is 0.317 e. The second-order valence-electron chi connectivity index (χ2n) is 5.83. The van der Waals surface area contributed by atoms with Gasteiger partial charge in [-0.3, -0.25) is 4.79 Å². The number of para-hydroxylation sites is 1. The average Bonchev–Trinajstić information content (AvgIpc) is 2.61. The van der Waals surface area contributed by atoms with Crippen LogP contribution in [0, 0.1) is 11.7 Å². The molecule has 0 bridgehead atoms. The van der Waals surface area contributed by atoms with E-state index in [0.29, 0.717) is 25.9 Å². The van der Waals surface area contributed by atoms with E-state index in [1.54, 1.807) is 30.0 Å². The van der Waals surface area contributed by atoms with Crippen molar-refractivity contribution in [2.45, 2.75) is 25.9 Å². The standard InChI is InChI=1S/C17H23FN2O4/c1-12(24-15-6-4-3-5-14(15)18)11-19-17(22)20-9-7-13(8-10-20)16(21)23-2/h3-6,12-13H,7-11H2,1-2H3,(H,19,22)/t12-/m1/s1. The van der Waals surface area contributed by atoms with E-state index in [9.17, 15) is 14.0 Å². The van der Waals surface area contributed by atoms with Crippen LogP contribution in [0.1, 0.15) is 19.8 Å². The molecule has 1 aromatic carbocycles. The zero-order valence-corrected chi connectivity index (χ0v) is 14.0. The molecule has 2 amide bonds. The number of halogens is 1. The van der Waals surface area contributed by atoms with Crippen LogP contribution in [-0.2, 0) is 9.53 Å². The highest BCUT2D eigenvalue weighted by Gasteiger charge is 2.27. The van der Waals surface area contributed by atoms with Crippen molar-refractivity contribution in [2.75, 3.05) is 26.7 Å². The SMILES string of the molecule is COC(=O)C1CCN(C(=O)NC[C@@H](C)Oc2ccccc2F)CC1. The Kier molecular flexibility index (Phi) is 6.40. The van der Waals surface area contributed by atoms with Crippen molar-refractivity contribution in [2.24, 2.45) is 5.92 Å². The minimum Gasteiger partial charge on any atom is -0.486 e. The molecule has 2 rings (SSSR count). The minimum absolute atomic E-state index is 0.137. The lowest BCUT2D eigenvalue weighted by Crippen LogP contribution is -2.47. The smallest absolute Gasteiger partial charge is 0.317 e. The van der Waals surface area contributed by atoms with Crippen molar-refractivity contribution in [3.05, 3.63) is 30.1 Å². The number of nitrogens with one attached hydrogen (secondary N) is 1. The van der Waals surface area contributed by atoms with E-state index in [0.717, 1.165) is 0 Å². The fraction of sp³-hybridized carbons (Fsp3) is 0.529. The molecule has 1 fully saturated rings. The lowest BCUT2D eigenvalue weighted by atomic mass is 9.97. The Balaban J connectivity index is 1.73. The van der Waals surface area contributed by atoms with Gasteiger partial charge in [0.15, 0.2) is 11.6 Å². The Morgan fingerprint density at radius 1 is 1.33 bits per heavy atom. The normalized spacial score (nSPS) is 16.4. The number of benzene rings is 1. The molecule has 1 N–H and O–H groups in total. The number of carbonyl (C=O) groups is 2. The minimum atomic E-state index is -0.430. The summed E-state index contributed by atoms with van der Waals surface area (Å²) in [6, 6.07) is 5.95. The summed E-state index contributed by atoms with van der Waals surface area (Å²) in [7, 11) is 1.37. The molecule has 0 unspecified atom stereocenters. The number of amides is 2. The third kappa shape index (κ3) is 4.84. The largest absolute Gasteiger partial charge is 0.486 e. The van der Waals surface area contributed by atoms with Crippen molar-refractivity contribution in [1.29, 1.82) is 0 Å². The molecule has 6 nitrogen and oxygen atoms in total. The first kappa shape index (κ1) is 18.0. The first-order valence-electron chi connectivity index (χ1n) is 8.03. The molecule has 1 aliphatic rings. The van der Waals surface area contributed by atoms with Gasteiger partial charge in [0.25, 0.3) is 0 Å². The number of likely N-dealkylation sites (tertiary alicyclic amines) is 1. The van der Waals surface area contributed by atoms with Crippen LogP contribution in [0.2, 0.25) is 0 Å². The summed E-state index contributed by atoms with van der Waals surface area (Å²) in [6.07, 6.45) is 0.835.